The van der Waals surface area contributed by atoms with E-state index in [1.54, 1.807) is 0 Å². The van der Waals surface area contributed by atoms with E-state index in [1.165, 1.54) is 0 Å². The molecule has 0 amide bonds. The summed E-state index contributed by atoms with van der Waals surface area (Å²) >= 11 is 0. The molecule has 96 valence electrons. The zero-order valence-corrected chi connectivity index (χ0v) is 10.4. The Hall–Kier alpha value is -0.160. The Bertz CT molecular complexity index is 198. The van der Waals surface area contributed by atoms with E-state index in [1.807, 2.05) is 0 Å². The molecule has 0 aliphatic heterocycles. The molecule has 2 atom stereocenters. The Morgan fingerprint density at radius 3 is 2.31 bits per heavy atom. The van der Waals surface area contributed by atoms with Crippen molar-refractivity contribution in [2.45, 2.75) is 45.3 Å². The fourth-order valence-corrected chi connectivity index (χ4v) is 2.19. The average Bonchev–Trinajstić information content (AvgIpc) is 2.51. The van der Waals surface area contributed by atoms with Crippen LogP contribution < -0.4 is 5.73 Å². The van der Waals surface area contributed by atoms with Crippen LogP contribution >= 0.6 is 0 Å². The van der Waals surface area contributed by atoms with E-state index in [-0.39, 0.29) is 5.41 Å². The van der Waals surface area contributed by atoms with Crippen molar-refractivity contribution in [3.63, 3.8) is 0 Å². The van der Waals surface area contributed by atoms with Gasteiger partial charge < -0.3 is 20.7 Å². The molecule has 0 aromatic carbocycles. The van der Waals surface area contributed by atoms with Crippen molar-refractivity contribution < 1.29 is 14.9 Å². The molecule has 0 heterocycles. The van der Waals surface area contributed by atoms with Crippen molar-refractivity contribution in [1.82, 2.24) is 0 Å². The smallest absolute Gasteiger partial charge is 0.0806 e. The monoisotopic (exact) mass is 231 g/mol. The van der Waals surface area contributed by atoms with Gasteiger partial charge in [0.2, 0.25) is 0 Å². The molecule has 2 unspecified atom stereocenters. The van der Waals surface area contributed by atoms with Crippen LogP contribution in [0.25, 0.3) is 0 Å². The first-order chi connectivity index (χ1) is 7.49. The lowest BCUT2D eigenvalue weighted by Crippen LogP contribution is -2.34. The molecule has 4 heteroatoms. The number of aliphatic hydroxyl groups excluding tert-OH is 2. The minimum absolute atomic E-state index is 0.226. The van der Waals surface area contributed by atoms with Crippen LogP contribution in [-0.4, -0.2) is 42.2 Å². The van der Waals surface area contributed by atoms with Gasteiger partial charge in [-0.25, -0.2) is 0 Å². The molecule has 1 saturated carbocycles. The van der Waals surface area contributed by atoms with Crippen molar-refractivity contribution in [1.29, 1.82) is 0 Å². The Morgan fingerprint density at radius 1 is 1.31 bits per heavy atom. The van der Waals surface area contributed by atoms with E-state index in [9.17, 15) is 10.2 Å². The third-order valence-corrected chi connectivity index (χ3v) is 3.41. The molecule has 16 heavy (non-hydrogen) atoms. The van der Waals surface area contributed by atoms with Crippen molar-refractivity contribution in [2.75, 3.05) is 19.8 Å². The molecule has 0 radical (unpaired) electrons. The van der Waals surface area contributed by atoms with Crippen LogP contribution in [0.2, 0.25) is 0 Å². The third-order valence-electron chi connectivity index (χ3n) is 3.41. The lowest BCUT2D eigenvalue weighted by atomic mass is 9.87. The van der Waals surface area contributed by atoms with E-state index < -0.39 is 12.2 Å². The van der Waals surface area contributed by atoms with Gasteiger partial charge in [0, 0.05) is 18.6 Å². The van der Waals surface area contributed by atoms with E-state index in [4.69, 9.17) is 10.5 Å². The molecule has 0 bridgehead atoms. The highest BCUT2D eigenvalue weighted by molar-refractivity contribution is 4.95. The molecule has 1 fully saturated rings. The number of rotatable bonds is 6. The third kappa shape index (κ3) is 3.70. The topological polar surface area (TPSA) is 75.7 Å². The molecule has 1 aliphatic rings. The van der Waals surface area contributed by atoms with Gasteiger partial charge in [-0.05, 0) is 25.2 Å². The Morgan fingerprint density at radius 2 is 1.88 bits per heavy atom. The Kier molecular flexibility index (Phi) is 5.18. The molecule has 0 aromatic rings. The molecular weight excluding hydrogens is 206 g/mol. The normalized spacial score (nSPS) is 34.9. The maximum absolute atomic E-state index is 9.55. The predicted molar refractivity (Wildman–Crippen MR) is 63.0 cm³/mol. The predicted octanol–water partition coefficient (Wildman–Crippen LogP) is 0.510. The molecule has 0 saturated heterocycles. The summed E-state index contributed by atoms with van der Waals surface area (Å²) in [6.07, 6.45) is 0.847. The van der Waals surface area contributed by atoms with Gasteiger partial charge in [-0.15, -0.1) is 0 Å². The molecule has 0 spiro atoms. The number of ether oxygens (including phenoxy) is 1. The van der Waals surface area contributed by atoms with Gasteiger partial charge in [-0.1, -0.05) is 13.8 Å². The van der Waals surface area contributed by atoms with Crippen LogP contribution in [0.4, 0.5) is 0 Å². The van der Waals surface area contributed by atoms with Gasteiger partial charge in [0.05, 0.1) is 18.8 Å². The lowest BCUT2D eigenvalue weighted by molar-refractivity contribution is 0.0370. The lowest BCUT2D eigenvalue weighted by Gasteiger charge is -2.27. The molecule has 1 rings (SSSR count). The highest BCUT2D eigenvalue weighted by Crippen LogP contribution is 2.37. The fraction of sp³-hybridized carbons (Fsp3) is 1.00. The fourth-order valence-electron chi connectivity index (χ4n) is 2.19. The summed E-state index contributed by atoms with van der Waals surface area (Å²) in [5, 5.41) is 19.1. The van der Waals surface area contributed by atoms with Crippen LogP contribution in [-0.2, 0) is 4.74 Å². The summed E-state index contributed by atoms with van der Waals surface area (Å²) in [4.78, 5) is 0. The first-order valence-electron chi connectivity index (χ1n) is 6.13. The van der Waals surface area contributed by atoms with Gasteiger partial charge in [0.1, 0.15) is 0 Å². The maximum atomic E-state index is 9.55. The van der Waals surface area contributed by atoms with Crippen LogP contribution in [0.3, 0.4) is 0 Å². The minimum Gasteiger partial charge on any atom is -0.390 e. The number of hydrogen-bond donors (Lipinski definition) is 3. The summed E-state index contributed by atoms with van der Waals surface area (Å²) in [7, 11) is 0. The van der Waals surface area contributed by atoms with E-state index in [0.29, 0.717) is 31.9 Å². The first-order valence-corrected chi connectivity index (χ1v) is 6.13. The zero-order chi connectivity index (χ0) is 12.2. The van der Waals surface area contributed by atoms with Gasteiger partial charge in [0.15, 0.2) is 0 Å². The summed E-state index contributed by atoms with van der Waals surface area (Å²) in [6.45, 7) is 6.05. The summed E-state index contributed by atoms with van der Waals surface area (Å²) < 4.78 is 5.62. The van der Waals surface area contributed by atoms with E-state index >= 15 is 0 Å². The second-order valence-corrected chi connectivity index (χ2v) is 5.48. The molecule has 4 N–H and O–H groups in total. The second kappa shape index (κ2) is 5.96. The Labute approximate surface area is 97.8 Å². The number of hydrogen-bond acceptors (Lipinski definition) is 4. The van der Waals surface area contributed by atoms with Crippen molar-refractivity contribution >= 4 is 0 Å². The van der Waals surface area contributed by atoms with Crippen LogP contribution in [0.1, 0.15) is 33.1 Å². The van der Waals surface area contributed by atoms with Crippen molar-refractivity contribution in [2.24, 2.45) is 17.1 Å². The molecule has 1 aliphatic carbocycles. The second-order valence-electron chi connectivity index (χ2n) is 5.48. The average molecular weight is 231 g/mol. The van der Waals surface area contributed by atoms with Gasteiger partial charge >= 0.3 is 0 Å². The van der Waals surface area contributed by atoms with Crippen LogP contribution in [0.5, 0.6) is 0 Å². The zero-order valence-electron chi connectivity index (χ0n) is 10.4. The van der Waals surface area contributed by atoms with Gasteiger partial charge in [0.25, 0.3) is 0 Å². The minimum atomic E-state index is -0.641. The summed E-state index contributed by atoms with van der Waals surface area (Å²) in [5.74, 6) is 0.633. The SMILES string of the molecule is CC(C)CCOCC1(CN)CC(O)C(O)C1. The highest BCUT2D eigenvalue weighted by atomic mass is 16.5. The van der Waals surface area contributed by atoms with E-state index in [2.05, 4.69) is 13.8 Å². The van der Waals surface area contributed by atoms with Crippen LogP contribution in [0.15, 0.2) is 0 Å². The number of nitrogens with two attached hydrogens (primary N) is 1. The van der Waals surface area contributed by atoms with Crippen LogP contribution in [0, 0.1) is 11.3 Å². The van der Waals surface area contributed by atoms with Gasteiger partial charge in [-0.3, -0.25) is 0 Å². The van der Waals surface area contributed by atoms with Gasteiger partial charge in [-0.2, -0.15) is 0 Å². The standard InChI is InChI=1S/C12H25NO3/c1-9(2)3-4-16-8-12(7-13)5-10(14)11(15)6-12/h9-11,14-15H,3-8,13H2,1-2H3. The largest absolute Gasteiger partial charge is 0.390 e. The Balaban J connectivity index is 2.32. The quantitative estimate of drug-likeness (QED) is 0.582. The van der Waals surface area contributed by atoms with Crippen molar-refractivity contribution in [3.05, 3.63) is 0 Å². The van der Waals surface area contributed by atoms with Crippen molar-refractivity contribution in [3.8, 4) is 0 Å². The molecule has 4 nitrogen and oxygen atoms in total. The molecule has 0 aromatic heterocycles. The highest BCUT2D eigenvalue weighted by Gasteiger charge is 2.43. The summed E-state index contributed by atoms with van der Waals surface area (Å²) in [5.41, 5.74) is 5.51. The molecular formula is C12H25NO3. The maximum Gasteiger partial charge on any atom is 0.0806 e. The first kappa shape index (κ1) is 13.9. The summed E-state index contributed by atoms with van der Waals surface area (Å²) in [6, 6.07) is 0. The van der Waals surface area contributed by atoms with E-state index in [0.717, 1.165) is 13.0 Å². The number of aliphatic hydroxyl groups is 2.